The number of halogens is 3. The summed E-state index contributed by atoms with van der Waals surface area (Å²) in [5.74, 6) is -0.168. The summed E-state index contributed by atoms with van der Waals surface area (Å²) in [4.78, 5) is 12.2. The fourth-order valence-corrected chi connectivity index (χ4v) is 3.60. The van der Waals surface area contributed by atoms with Crippen molar-refractivity contribution in [3.8, 4) is 0 Å². The lowest BCUT2D eigenvalue weighted by Gasteiger charge is -2.34. The first kappa shape index (κ1) is 17.6. The average molecular weight is 392 g/mol. The van der Waals surface area contributed by atoms with Crippen LogP contribution in [0.25, 0.3) is 5.70 Å². The molecule has 0 spiro atoms. The largest absolute Gasteiger partial charge is 0.431 e. The van der Waals surface area contributed by atoms with Crippen molar-refractivity contribution in [2.24, 2.45) is 20.9 Å². The molecule has 0 aliphatic carbocycles. The van der Waals surface area contributed by atoms with Gasteiger partial charge in [-0.1, -0.05) is 60.7 Å². The summed E-state index contributed by atoms with van der Waals surface area (Å²) in [5.41, 5.74) is 3.79. The van der Waals surface area contributed by atoms with E-state index in [1.54, 1.807) is 0 Å². The van der Waals surface area contributed by atoms with Crippen molar-refractivity contribution in [3.05, 3.63) is 89.5 Å². The van der Waals surface area contributed by atoms with Gasteiger partial charge in [-0.3, -0.25) is 0 Å². The second-order valence-corrected chi connectivity index (χ2v) is 6.91. The predicted octanol–water partition coefficient (Wildman–Crippen LogP) is 4.38. The fraction of sp³-hybridized carbons (Fsp3) is 0.136. The Labute approximate surface area is 164 Å². The van der Waals surface area contributed by atoms with Crippen LogP contribution in [0.15, 0.2) is 93.4 Å². The van der Waals surface area contributed by atoms with Crippen LogP contribution in [0.4, 0.5) is 13.2 Å². The molecule has 2 aromatic rings. The highest BCUT2D eigenvalue weighted by Crippen LogP contribution is 2.36. The summed E-state index contributed by atoms with van der Waals surface area (Å²) in [5, 5.41) is 3.08. The molecule has 5 rings (SSSR count). The van der Waals surface area contributed by atoms with Crippen molar-refractivity contribution in [2.45, 2.75) is 12.3 Å². The maximum absolute atomic E-state index is 13.4. The van der Waals surface area contributed by atoms with Crippen molar-refractivity contribution in [2.75, 3.05) is 0 Å². The number of aliphatic imine (C=N–C) groups is 3. The summed E-state index contributed by atoms with van der Waals surface area (Å²) in [7, 11) is 0. The van der Waals surface area contributed by atoms with Crippen molar-refractivity contribution < 1.29 is 13.2 Å². The van der Waals surface area contributed by atoms with Crippen LogP contribution >= 0.6 is 0 Å². The minimum Gasteiger partial charge on any atom is -0.343 e. The van der Waals surface area contributed by atoms with Gasteiger partial charge in [0.2, 0.25) is 6.17 Å². The number of hydrogen-bond acceptors (Lipinski definition) is 4. The molecule has 4 nitrogen and oxygen atoms in total. The first-order valence-corrected chi connectivity index (χ1v) is 9.11. The van der Waals surface area contributed by atoms with Gasteiger partial charge in [-0.15, -0.1) is 0 Å². The van der Waals surface area contributed by atoms with E-state index in [-0.39, 0.29) is 11.7 Å². The summed E-state index contributed by atoms with van der Waals surface area (Å²) < 4.78 is 40.3. The lowest BCUT2D eigenvalue weighted by Crippen LogP contribution is -2.46. The lowest BCUT2D eigenvalue weighted by atomic mass is 9.86. The zero-order chi connectivity index (χ0) is 20.0. The SMILES string of the molecule is FC(F)(F)C1N=C2N=C(c3ccccc3)C=C3C=C(c4ccccc4)NC(=N1)C32. The van der Waals surface area contributed by atoms with Crippen molar-refractivity contribution in [3.63, 3.8) is 0 Å². The minimum atomic E-state index is -4.58. The summed E-state index contributed by atoms with van der Waals surface area (Å²) >= 11 is 0. The van der Waals surface area contributed by atoms with Crippen molar-refractivity contribution in [1.29, 1.82) is 0 Å². The normalized spacial score (nSPS) is 22.9. The van der Waals surface area contributed by atoms with Crippen LogP contribution in [0.3, 0.4) is 0 Å². The van der Waals surface area contributed by atoms with Crippen LogP contribution in [0, 0.1) is 5.92 Å². The van der Waals surface area contributed by atoms with E-state index in [2.05, 4.69) is 20.3 Å². The first-order chi connectivity index (χ1) is 14.0. The van der Waals surface area contributed by atoms with Crippen LogP contribution in [0.1, 0.15) is 11.1 Å². The van der Waals surface area contributed by atoms with Crippen LogP contribution in [0.2, 0.25) is 0 Å². The Hall–Kier alpha value is -3.48. The highest BCUT2D eigenvalue weighted by Gasteiger charge is 2.46. The number of benzene rings is 2. The van der Waals surface area contributed by atoms with E-state index in [0.717, 1.165) is 16.7 Å². The van der Waals surface area contributed by atoms with Crippen molar-refractivity contribution in [1.82, 2.24) is 5.32 Å². The quantitative estimate of drug-likeness (QED) is 0.811. The maximum Gasteiger partial charge on any atom is 0.431 e. The molecule has 7 heteroatoms. The van der Waals surface area contributed by atoms with Gasteiger partial charge in [-0.2, -0.15) is 13.2 Å². The molecule has 0 radical (unpaired) electrons. The topological polar surface area (TPSA) is 49.1 Å². The number of amidine groups is 2. The zero-order valence-electron chi connectivity index (χ0n) is 15.1. The molecule has 0 saturated heterocycles. The molecular formula is C22H15F3N4. The molecule has 2 unspecified atom stereocenters. The smallest absolute Gasteiger partial charge is 0.343 e. The summed E-state index contributed by atoms with van der Waals surface area (Å²) in [6.45, 7) is 0. The van der Waals surface area contributed by atoms with E-state index in [1.165, 1.54) is 0 Å². The molecule has 3 aliphatic rings. The summed E-state index contributed by atoms with van der Waals surface area (Å²) in [6, 6.07) is 18.8. The Bertz CT molecular complexity index is 1110. The number of nitrogens with zero attached hydrogens (tertiary/aromatic N) is 3. The second kappa shape index (κ2) is 6.55. The molecule has 2 aromatic carbocycles. The van der Waals surface area contributed by atoms with Gasteiger partial charge in [0.05, 0.1) is 5.71 Å². The molecule has 0 bridgehead atoms. The van der Waals surface area contributed by atoms with E-state index in [4.69, 9.17) is 0 Å². The van der Waals surface area contributed by atoms with Gasteiger partial charge in [0.25, 0.3) is 0 Å². The number of rotatable bonds is 2. The first-order valence-electron chi connectivity index (χ1n) is 9.11. The van der Waals surface area contributed by atoms with Gasteiger partial charge in [0, 0.05) is 11.3 Å². The Kier molecular flexibility index (Phi) is 3.97. The molecule has 0 amide bonds. The molecule has 0 fully saturated rings. The second-order valence-electron chi connectivity index (χ2n) is 6.91. The fourth-order valence-electron chi connectivity index (χ4n) is 3.60. The molecule has 0 saturated carbocycles. The van der Waals surface area contributed by atoms with Gasteiger partial charge in [-0.05, 0) is 23.3 Å². The van der Waals surface area contributed by atoms with Gasteiger partial charge in [0.15, 0.2) is 0 Å². The monoisotopic (exact) mass is 392 g/mol. The number of alkyl halides is 3. The Morgan fingerprint density at radius 3 is 2.10 bits per heavy atom. The highest BCUT2D eigenvalue weighted by molar-refractivity contribution is 6.24. The third-order valence-corrected chi connectivity index (χ3v) is 4.94. The van der Waals surface area contributed by atoms with E-state index in [9.17, 15) is 13.2 Å². The third-order valence-electron chi connectivity index (χ3n) is 4.94. The lowest BCUT2D eigenvalue weighted by molar-refractivity contribution is -0.145. The molecule has 29 heavy (non-hydrogen) atoms. The van der Waals surface area contributed by atoms with Crippen LogP contribution in [0.5, 0.6) is 0 Å². The molecule has 0 aromatic heterocycles. The van der Waals surface area contributed by atoms with E-state index in [1.807, 2.05) is 72.8 Å². The molecule has 3 aliphatic heterocycles. The molecular weight excluding hydrogens is 377 g/mol. The van der Waals surface area contributed by atoms with Crippen molar-refractivity contribution >= 4 is 23.1 Å². The Morgan fingerprint density at radius 1 is 0.793 bits per heavy atom. The van der Waals surface area contributed by atoms with Gasteiger partial charge >= 0.3 is 6.18 Å². The maximum atomic E-state index is 13.4. The third kappa shape index (κ3) is 3.18. The highest BCUT2D eigenvalue weighted by atomic mass is 19.4. The number of nitrogens with one attached hydrogen (secondary N) is 1. The Balaban J connectivity index is 1.67. The number of hydrogen-bond donors (Lipinski definition) is 1. The predicted molar refractivity (Wildman–Crippen MR) is 107 cm³/mol. The van der Waals surface area contributed by atoms with Crippen LogP contribution in [-0.4, -0.2) is 29.7 Å². The van der Waals surface area contributed by atoms with Gasteiger partial charge in [-0.25, -0.2) is 15.0 Å². The molecule has 1 N–H and O–H groups in total. The van der Waals surface area contributed by atoms with Crippen LogP contribution < -0.4 is 5.32 Å². The average Bonchev–Trinajstić information content (AvgIpc) is 2.74. The van der Waals surface area contributed by atoms with E-state index in [0.29, 0.717) is 11.4 Å². The van der Waals surface area contributed by atoms with E-state index < -0.39 is 18.3 Å². The molecule has 3 heterocycles. The molecule has 2 atom stereocenters. The standard InChI is InChI=1S/C22H15F3N4/c23-22(24,25)21-28-19-18-15(11-16(26-19)13-7-3-1-4-8-13)12-17(27-20(18)29-21)14-9-5-2-6-10-14/h1-12,18,21H,(H,26,28). The van der Waals surface area contributed by atoms with Gasteiger partial charge in [0.1, 0.15) is 17.6 Å². The van der Waals surface area contributed by atoms with E-state index >= 15 is 0 Å². The zero-order valence-corrected chi connectivity index (χ0v) is 15.1. The number of allylic oxidation sites excluding steroid dienone is 2. The van der Waals surface area contributed by atoms with Gasteiger partial charge < -0.3 is 5.32 Å². The number of dihydropyridines is 1. The Morgan fingerprint density at radius 2 is 1.45 bits per heavy atom. The van der Waals surface area contributed by atoms with Crippen LogP contribution in [-0.2, 0) is 0 Å². The minimum absolute atomic E-state index is 0.129. The summed E-state index contributed by atoms with van der Waals surface area (Å²) in [6.07, 6.45) is -2.91. The molecule has 144 valence electrons.